The number of anilines is 1. The molecule has 0 atom stereocenters. The van der Waals surface area contributed by atoms with Crippen LogP contribution in [0.2, 0.25) is 0 Å². The summed E-state index contributed by atoms with van der Waals surface area (Å²) in [5.74, 6) is 0.475. The van der Waals surface area contributed by atoms with Crippen LogP contribution in [-0.4, -0.2) is 28.9 Å². The molecule has 0 fully saturated rings. The molecule has 158 valence electrons. The molecule has 31 heavy (non-hydrogen) atoms. The van der Waals surface area contributed by atoms with Gasteiger partial charge in [-0.1, -0.05) is 6.07 Å². The van der Waals surface area contributed by atoms with Crippen molar-refractivity contribution in [2.75, 3.05) is 18.1 Å². The quantitative estimate of drug-likeness (QED) is 0.455. The van der Waals surface area contributed by atoms with E-state index in [2.05, 4.69) is 5.10 Å². The molecule has 0 spiro atoms. The van der Waals surface area contributed by atoms with Crippen molar-refractivity contribution in [3.63, 3.8) is 0 Å². The third-order valence-corrected chi connectivity index (χ3v) is 5.52. The number of hydrogen-bond acceptors (Lipinski definition) is 8. The molecule has 5 rings (SSSR count). The van der Waals surface area contributed by atoms with Crippen LogP contribution >= 0.6 is 11.3 Å². The molecule has 0 N–H and O–H groups in total. The first-order chi connectivity index (χ1) is 15.2. The van der Waals surface area contributed by atoms with Crippen LogP contribution in [0.1, 0.15) is 4.88 Å². The van der Waals surface area contributed by atoms with Crippen molar-refractivity contribution >= 4 is 22.9 Å². The standard InChI is InChI=1S/C21H17N3O6S/c25-19(13-24-21(26)30-20(22-24)17-4-1-7-27-17)23(12-15-3-2-10-31-15)14-5-6-16-18(11-14)29-9-8-28-16/h1-7,10-11H,8-9,12-13H2. The minimum atomic E-state index is -0.738. The van der Waals surface area contributed by atoms with E-state index in [1.807, 2.05) is 17.5 Å². The molecule has 1 amide bonds. The van der Waals surface area contributed by atoms with Gasteiger partial charge in [0.05, 0.1) is 12.8 Å². The highest BCUT2D eigenvalue weighted by molar-refractivity contribution is 7.09. The second-order valence-corrected chi connectivity index (χ2v) is 7.73. The third-order valence-electron chi connectivity index (χ3n) is 4.66. The summed E-state index contributed by atoms with van der Waals surface area (Å²) in [5.41, 5.74) is 0.630. The summed E-state index contributed by atoms with van der Waals surface area (Å²) >= 11 is 1.54. The molecule has 1 aliphatic rings. The molecule has 0 saturated heterocycles. The van der Waals surface area contributed by atoms with Crippen molar-refractivity contribution in [2.45, 2.75) is 13.1 Å². The Morgan fingerprint density at radius 1 is 1.13 bits per heavy atom. The molecule has 0 unspecified atom stereocenters. The summed E-state index contributed by atoms with van der Waals surface area (Å²) in [6, 6.07) is 12.5. The first-order valence-corrected chi connectivity index (χ1v) is 10.4. The lowest BCUT2D eigenvalue weighted by Crippen LogP contribution is -2.35. The Kier molecular flexibility index (Phi) is 5.04. The van der Waals surface area contributed by atoms with E-state index in [-0.39, 0.29) is 18.3 Å². The topological polar surface area (TPSA) is 99.9 Å². The van der Waals surface area contributed by atoms with Gasteiger partial charge in [0.15, 0.2) is 17.3 Å². The lowest BCUT2D eigenvalue weighted by atomic mass is 10.2. The van der Waals surface area contributed by atoms with Crippen LogP contribution in [0, 0.1) is 0 Å². The van der Waals surface area contributed by atoms with Gasteiger partial charge in [0, 0.05) is 16.6 Å². The Labute approximate surface area is 180 Å². The predicted molar refractivity (Wildman–Crippen MR) is 111 cm³/mol. The summed E-state index contributed by atoms with van der Waals surface area (Å²) < 4.78 is 22.5. The van der Waals surface area contributed by atoms with Gasteiger partial charge in [0.2, 0.25) is 5.91 Å². The number of rotatable bonds is 6. The fourth-order valence-electron chi connectivity index (χ4n) is 3.20. The zero-order valence-electron chi connectivity index (χ0n) is 16.2. The van der Waals surface area contributed by atoms with Crippen molar-refractivity contribution in [1.82, 2.24) is 9.78 Å². The molecule has 1 aromatic carbocycles. The van der Waals surface area contributed by atoms with Crippen LogP contribution in [0.5, 0.6) is 11.5 Å². The average molecular weight is 439 g/mol. The molecule has 0 radical (unpaired) electrons. The van der Waals surface area contributed by atoms with Gasteiger partial charge in [0.1, 0.15) is 19.8 Å². The molecule has 0 saturated carbocycles. The molecule has 0 bridgehead atoms. The Bertz CT molecular complexity index is 1240. The highest BCUT2D eigenvalue weighted by Crippen LogP contribution is 2.34. The smallest absolute Gasteiger partial charge is 0.437 e. The number of aromatic nitrogens is 2. The Hall–Kier alpha value is -3.79. The molecule has 9 nitrogen and oxygen atoms in total. The second-order valence-electron chi connectivity index (χ2n) is 6.70. The summed E-state index contributed by atoms with van der Waals surface area (Å²) in [4.78, 5) is 28.0. The van der Waals surface area contributed by atoms with Crippen LogP contribution in [-0.2, 0) is 17.9 Å². The average Bonchev–Trinajstić information content (AvgIpc) is 3.55. The van der Waals surface area contributed by atoms with Crippen LogP contribution < -0.4 is 20.1 Å². The van der Waals surface area contributed by atoms with Gasteiger partial charge in [-0.15, -0.1) is 16.4 Å². The highest BCUT2D eigenvalue weighted by Gasteiger charge is 2.23. The maximum atomic E-state index is 13.2. The van der Waals surface area contributed by atoms with Gasteiger partial charge in [0.25, 0.3) is 5.89 Å². The van der Waals surface area contributed by atoms with Gasteiger partial charge in [-0.25, -0.2) is 4.79 Å². The number of hydrogen-bond donors (Lipinski definition) is 0. The number of carbonyl (C=O) groups is 1. The molecule has 4 aromatic rings. The number of carbonyl (C=O) groups excluding carboxylic acids is 1. The molecular weight excluding hydrogens is 422 g/mol. The number of furan rings is 1. The van der Waals surface area contributed by atoms with Crippen molar-refractivity contribution in [3.8, 4) is 23.1 Å². The van der Waals surface area contributed by atoms with Gasteiger partial charge < -0.3 is 23.2 Å². The van der Waals surface area contributed by atoms with Crippen LogP contribution in [0.25, 0.3) is 11.7 Å². The minimum absolute atomic E-state index is 0.0203. The van der Waals surface area contributed by atoms with Crippen molar-refractivity contribution in [3.05, 3.63) is 69.5 Å². The van der Waals surface area contributed by atoms with Gasteiger partial charge in [-0.2, -0.15) is 4.68 Å². The molecule has 1 aliphatic heterocycles. The summed E-state index contributed by atoms with van der Waals surface area (Å²) in [7, 11) is 0. The highest BCUT2D eigenvalue weighted by atomic mass is 32.1. The Balaban J connectivity index is 1.44. The van der Waals surface area contributed by atoms with E-state index in [0.717, 1.165) is 9.56 Å². The van der Waals surface area contributed by atoms with E-state index >= 15 is 0 Å². The third kappa shape index (κ3) is 3.97. The fraction of sp³-hybridized carbons (Fsp3) is 0.190. The number of ether oxygens (including phenoxy) is 2. The number of nitrogens with zero attached hydrogens (tertiary/aromatic N) is 3. The zero-order valence-corrected chi connectivity index (χ0v) is 17.0. The molecule has 10 heteroatoms. The zero-order chi connectivity index (χ0) is 21.2. The van der Waals surface area contributed by atoms with E-state index in [4.69, 9.17) is 18.3 Å². The number of amides is 1. The maximum Gasteiger partial charge on any atom is 0.437 e. The molecule has 3 aromatic heterocycles. The Morgan fingerprint density at radius 2 is 2.00 bits per heavy atom. The van der Waals surface area contributed by atoms with E-state index in [0.29, 0.717) is 42.7 Å². The Morgan fingerprint density at radius 3 is 2.77 bits per heavy atom. The van der Waals surface area contributed by atoms with Gasteiger partial charge >= 0.3 is 5.76 Å². The van der Waals surface area contributed by atoms with Crippen LogP contribution in [0.3, 0.4) is 0 Å². The summed E-state index contributed by atoms with van der Waals surface area (Å²) in [6.45, 7) is 0.979. The lowest BCUT2D eigenvalue weighted by Gasteiger charge is -2.25. The van der Waals surface area contributed by atoms with Crippen LogP contribution in [0.4, 0.5) is 5.69 Å². The lowest BCUT2D eigenvalue weighted by molar-refractivity contribution is -0.119. The van der Waals surface area contributed by atoms with Gasteiger partial charge in [-0.05, 0) is 35.7 Å². The molecule has 4 heterocycles. The number of fused-ring (bicyclic) bond motifs is 1. The molecular formula is C21H17N3O6S. The largest absolute Gasteiger partial charge is 0.486 e. The monoisotopic (exact) mass is 439 g/mol. The number of thiophene rings is 1. The van der Waals surface area contributed by atoms with E-state index in [1.54, 1.807) is 35.2 Å². The van der Waals surface area contributed by atoms with E-state index in [1.165, 1.54) is 17.6 Å². The van der Waals surface area contributed by atoms with Crippen molar-refractivity contribution < 1.29 is 23.1 Å². The normalized spacial score (nSPS) is 12.6. The summed E-state index contributed by atoms with van der Waals surface area (Å²) in [6.07, 6.45) is 1.45. The van der Waals surface area contributed by atoms with Crippen LogP contribution in [0.15, 0.2) is 67.7 Å². The van der Waals surface area contributed by atoms with Crippen molar-refractivity contribution in [2.24, 2.45) is 0 Å². The SMILES string of the molecule is O=C(Cn1nc(-c2ccco2)oc1=O)N(Cc1cccs1)c1ccc2c(c1)OCCO2. The minimum Gasteiger partial charge on any atom is -0.486 e. The fourth-order valence-corrected chi connectivity index (χ4v) is 3.89. The maximum absolute atomic E-state index is 13.2. The van der Waals surface area contributed by atoms with E-state index in [9.17, 15) is 9.59 Å². The first kappa shape index (κ1) is 19.2. The second kappa shape index (κ2) is 8.15. The number of benzene rings is 1. The first-order valence-electron chi connectivity index (χ1n) is 9.51. The van der Waals surface area contributed by atoms with E-state index < -0.39 is 5.76 Å². The van der Waals surface area contributed by atoms with Crippen molar-refractivity contribution in [1.29, 1.82) is 0 Å². The summed E-state index contributed by atoms with van der Waals surface area (Å²) in [5, 5.41) is 6.03. The molecule has 0 aliphatic carbocycles. The van der Waals surface area contributed by atoms with Gasteiger partial charge in [-0.3, -0.25) is 4.79 Å². The predicted octanol–water partition coefficient (Wildman–Crippen LogP) is 3.16.